The van der Waals surface area contributed by atoms with Crippen LogP contribution in [0.2, 0.25) is 0 Å². The number of benzene rings is 1. The lowest BCUT2D eigenvalue weighted by molar-refractivity contribution is 0.102. The van der Waals surface area contributed by atoms with Gasteiger partial charge in [-0.3, -0.25) is 4.79 Å². The molecular weight excluding hydrogens is 304 g/mol. The van der Waals surface area contributed by atoms with Crippen molar-refractivity contribution in [2.75, 3.05) is 5.32 Å². The number of nitrogens with one attached hydrogen (secondary N) is 1. The molecule has 0 saturated carbocycles. The van der Waals surface area contributed by atoms with Crippen LogP contribution in [-0.2, 0) is 0 Å². The Morgan fingerprint density at radius 3 is 2.71 bits per heavy atom. The van der Waals surface area contributed by atoms with Gasteiger partial charge in [-0.05, 0) is 44.5 Å². The Balaban J connectivity index is 1.85. The first-order valence-corrected chi connectivity index (χ1v) is 7.87. The number of carbonyl (C=O) groups is 1. The number of aliphatic hydroxyl groups excluding tert-OH is 1. The number of fused-ring (bicyclic) bond motifs is 1. The summed E-state index contributed by atoms with van der Waals surface area (Å²) in [6.45, 7) is 5.79. The number of amides is 1. The van der Waals surface area contributed by atoms with Gasteiger partial charge in [0.15, 0.2) is 5.65 Å². The summed E-state index contributed by atoms with van der Waals surface area (Å²) >= 11 is 0. The van der Waals surface area contributed by atoms with E-state index < -0.39 is 6.10 Å². The van der Waals surface area contributed by atoms with Gasteiger partial charge < -0.3 is 15.0 Å². The molecule has 6 nitrogen and oxygen atoms in total. The molecule has 2 heterocycles. The van der Waals surface area contributed by atoms with Crippen LogP contribution in [-0.4, -0.2) is 25.5 Å². The smallest absolute Gasteiger partial charge is 0.257 e. The molecule has 0 aliphatic carbocycles. The Kier molecular flexibility index (Phi) is 4.31. The van der Waals surface area contributed by atoms with Gasteiger partial charge in [0.25, 0.3) is 5.91 Å². The van der Waals surface area contributed by atoms with Crippen molar-refractivity contribution in [3.63, 3.8) is 0 Å². The minimum Gasteiger partial charge on any atom is -0.389 e. The Bertz CT molecular complexity index is 884. The maximum absolute atomic E-state index is 12.4. The van der Waals surface area contributed by atoms with E-state index >= 15 is 0 Å². The van der Waals surface area contributed by atoms with Gasteiger partial charge in [0.1, 0.15) is 5.52 Å². The lowest BCUT2D eigenvalue weighted by atomic mass is 10.1. The Morgan fingerprint density at radius 1 is 1.21 bits per heavy atom. The van der Waals surface area contributed by atoms with Crippen molar-refractivity contribution >= 4 is 22.8 Å². The number of aromatic nitrogens is 3. The minimum atomic E-state index is -0.583. The Morgan fingerprint density at radius 2 is 2.00 bits per heavy atom. The van der Waals surface area contributed by atoms with Crippen molar-refractivity contribution < 1.29 is 9.90 Å². The van der Waals surface area contributed by atoms with E-state index in [0.717, 1.165) is 11.2 Å². The molecule has 3 rings (SSSR count). The number of carbonyl (C=O) groups excluding carboxylic acids is 1. The molecule has 1 atom stereocenters. The fourth-order valence-electron chi connectivity index (χ4n) is 2.50. The van der Waals surface area contributed by atoms with Gasteiger partial charge in [-0.25, -0.2) is 9.97 Å². The molecule has 0 aliphatic heterocycles. The van der Waals surface area contributed by atoms with E-state index in [1.165, 1.54) is 0 Å². The predicted molar refractivity (Wildman–Crippen MR) is 92.9 cm³/mol. The molecule has 0 spiro atoms. The summed E-state index contributed by atoms with van der Waals surface area (Å²) in [7, 11) is 0. The second-order valence-electron chi connectivity index (χ2n) is 6.07. The van der Waals surface area contributed by atoms with Gasteiger partial charge in [0.05, 0.1) is 18.0 Å². The molecule has 0 aliphatic rings. The molecule has 124 valence electrons. The third kappa shape index (κ3) is 3.14. The molecule has 0 saturated heterocycles. The maximum Gasteiger partial charge on any atom is 0.257 e. The number of hydrogen-bond acceptors (Lipinski definition) is 4. The summed E-state index contributed by atoms with van der Waals surface area (Å²) in [4.78, 5) is 21.1. The fourth-order valence-corrected chi connectivity index (χ4v) is 2.50. The van der Waals surface area contributed by atoms with Gasteiger partial charge in [0, 0.05) is 17.9 Å². The van der Waals surface area contributed by atoms with E-state index in [4.69, 9.17) is 0 Å². The highest BCUT2D eigenvalue weighted by Gasteiger charge is 2.12. The van der Waals surface area contributed by atoms with E-state index in [9.17, 15) is 9.90 Å². The van der Waals surface area contributed by atoms with Gasteiger partial charge in [-0.2, -0.15) is 0 Å². The quantitative estimate of drug-likeness (QED) is 0.771. The zero-order valence-electron chi connectivity index (χ0n) is 13.9. The van der Waals surface area contributed by atoms with Gasteiger partial charge >= 0.3 is 0 Å². The number of hydrogen-bond donors (Lipinski definition) is 2. The Hall–Kier alpha value is -2.73. The van der Waals surface area contributed by atoms with Crippen LogP contribution in [0.3, 0.4) is 0 Å². The summed E-state index contributed by atoms with van der Waals surface area (Å²) < 4.78 is 1.96. The number of pyridine rings is 1. The lowest BCUT2D eigenvalue weighted by Crippen LogP contribution is -2.12. The molecule has 1 amide bonds. The number of nitrogens with zero attached hydrogens (tertiary/aromatic N) is 3. The van der Waals surface area contributed by atoms with E-state index in [0.29, 0.717) is 16.8 Å². The molecule has 2 aromatic heterocycles. The standard InChI is InChI=1S/C18H20N4O2/c1-11(2)22-10-20-16-8-14(9-19-17(16)22)18(24)21-15-6-4-5-13(7-15)12(3)23/h4-12,23H,1-3H3,(H,21,24). The topological polar surface area (TPSA) is 80.0 Å². The molecule has 3 aromatic rings. The second kappa shape index (κ2) is 6.41. The number of aliphatic hydroxyl groups is 1. The predicted octanol–water partition coefficient (Wildman–Crippen LogP) is 3.32. The van der Waals surface area contributed by atoms with Crippen LogP contribution in [0.15, 0.2) is 42.9 Å². The van der Waals surface area contributed by atoms with Crippen LogP contribution >= 0.6 is 0 Å². The highest BCUT2D eigenvalue weighted by molar-refractivity contribution is 6.05. The van der Waals surface area contributed by atoms with Crippen molar-refractivity contribution in [1.82, 2.24) is 14.5 Å². The largest absolute Gasteiger partial charge is 0.389 e. The normalized spacial score (nSPS) is 12.5. The van der Waals surface area contributed by atoms with Crippen molar-refractivity contribution in [3.8, 4) is 0 Å². The SMILES string of the molecule is CC(O)c1cccc(NC(=O)c2cnc3c(c2)ncn3C(C)C)c1. The molecular formula is C18H20N4O2. The minimum absolute atomic E-state index is 0.255. The zero-order valence-corrected chi connectivity index (χ0v) is 13.9. The van der Waals surface area contributed by atoms with Crippen LogP contribution in [0, 0.1) is 0 Å². The first-order valence-electron chi connectivity index (χ1n) is 7.87. The van der Waals surface area contributed by atoms with Crippen LogP contribution in [0.5, 0.6) is 0 Å². The summed E-state index contributed by atoms with van der Waals surface area (Å²) in [5.41, 5.74) is 3.27. The van der Waals surface area contributed by atoms with Crippen LogP contribution in [0.25, 0.3) is 11.2 Å². The highest BCUT2D eigenvalue weighted by Crippen LogP contribution is 2.19. The van der Waals surface area contributed by atoms with E-state index in [1.54, 1.807) is 43.7 Å². The monoisotopic (exact) mass is 324 g/mol. The number of imidazole rings is 1. The highest BCUT2D eigenvalue weighted by atomic mass is 16.3. The number of rotatable bonds is 4. The van der Waals surface area contributed by atoms with Crippen LogP contribution in [0.4, 0.5) is 5.69 Å². The van der Waals surface area contributed by atoms with Crippen molar-refractivity contribution in [1.29, 1.82) is 0 Å². The second-order valence-corrected chi connectivity index (χ2v) is 6.07. The average Bonchev–Trinajstić information content (AvgIpc) is 2.98. The molecule has 0 radical (unpaired) electrons. The lowest BCUT2D eigenvalue weighted by Gasteiger charge is -2.09. The molecule has 2 N–H and O–H groups in total. The van der Waals surface area contributed by atoms with E-state index in [-0.39, 0.29) is 11.9 Å². The van der Waals surface area contributed by atoms with Crippen molar-refractivity contribution in [3.05, 3.63) is 54.0 Å². The van der Waals surface area contributed by atoms with Crippen molar-refractivity contribution in [2.24, 2.45) is 0 Å². The van der Waals surface area contributed by atoms with Crippen molar-refractivity contribution in [2.45, 2.75) is 32.9 Å². The molecule has 24 heavy (non-hydrogen) atoms. The summed E-state index contributed by atoms with van der Waals surface area (Å²) in [6.07, 6.45) is 2.70. The maximum atomic E-state index is 12.4. The zero-order chi connectivity index (χ0) is 17.3. The molecule has 1 unspecified atom stereocenters. The summed E-state index contributed by atoms with van der Waals surface area (Å²) in [5, 5.41) is 12.5. The fraction of sp³-hybridized carbons (Fsp3) is 0.278. The van der Waals surface area contributed by atoms with Gasteiger partial charge in [-0.1, -0.05) is 12.1 Å². The van der Waals surface area contributed by atoms with Crippen LogP contribution < -0.4 is 5.32 Å². The molecule has 1 aromatic carbocycles. The molecule has 6 heteroatoms. The summed E-state index contributed by atoms with van der Waals surface area (Å²) in [5.74, 6) is -0.258. The first-order chi connectivity index (χ1) is 11.5. The summed E-state index contributed by atoms with van der Waals surface area (Å²) in [6, 6.07) is 9.13. The average molecular weight is 324 g/mol. The third-order valence-electron chi connectivity index (χ3n) is 3.86. The van der Waals surface area contributed by atoms with E-state index in [2.05, 4.69) is 29.1 Å². The molecule has 0 bridgehead atoms. The first kappa shape index (κ1) is 16.1. The molecule has 0 fully saturated rings. The number of anilines is 1. The van der Waals surface area contributed by atoms with E-state index in [1.807, 2.05) is 10.6 Å². The third-order valence-corrected chi connectivity index (χ3v) is 3.86. The van der Waals surface area contributed by atoms with Crippen LogP contribution in [0.1, 0.15) is 48.8 Å². The van der Waals surface area contributed by atoms with Gasteiger partial charge in [-0.15, -0.1) is 0 Å². The Labute approximate surface area is 140 Å². The van der Waals surface area contributed by atoms with Gasteiger partial charge in [0.2, 0.25) is 0 Å².